The molecule has 0 unspecified atom stereocenters. The van der Waals surface area contributed by atoms with Crippen molar-refractivity contribution < 1.29 is 18.7 Å². The van der Waals surface area contributed by atoms with Crippen LogP contribution in [0.3, 0.4) is 0 Å². The van der Waals surface area contributed by atoms with Gasteiger partial charge in [0.05, 0.1) is 10.4 Å². The fourth-order valence-electron chi connectivity index (χ4n) is 1.91. The largest absolute Gasteiger partial charge is 0.348 e. The first-order chi connectivity index (χ1) is 10.2. The van der Waals surface area contributed by atoms with Crippen LogP contribution >= 0.6 is 11.3 Å². The van der Waals surface area contributed by atoms with Crippen molar-refractivity contribution in [3.05, 3.63) is 57.5 Å². The highest BCUT2D eigenvalue weighted by molar-refractivity contribution is 7.10. The monoisotopic (exact) mass is 308 g/mol. The zero-order chi connectivity index (χ0) is 15.2. The van der Waals surface area contributed by atoms with E-state index in [-0.39, 0.29) is 11.3 Å². The molecule has 0 spiro atoms. The second kappa shape index (κ2) is 7.45. The lowest BCUT2D eigenvalue weighted by atomic mass is 10.1. The molecule has 2 aromatic rings. The molecule has 0 N–H and O–H groups in total. The topological polar surface area (TPSA) is 35.5 Å². The molecule has 0 radical (unpaired) electrons. The Morgan fingerprint density at radius 2 is 1.90 bits per heavy atom. The van der Waals surface area contributed by atoms with Gasteiger partial charge in [0.25, 0.3) is 0 Å². The SMILES string of the molecule is CCOC(OCC)c1cc(C(=O)c2ccccc2F)cs1. The van der Waals surface area contributed by atoms with Gasteiger partial charge in [0.1, 0.15) is 5.82 Å². The number of hydrogen-bond acceptors (Lipinski definition) is 4. The van der Waals surface area contributed by atoms with Crippen molar-refractivity contribution in [3.8, 4) is 0 Å². The summed E-state index contributed by atoms with van der Waals surface area (Å²) in [6.07, 6.45) is -0.479. The number of halogens is 1. The summed E-state index contributed by atoms with van der Waals surface area (Å²) in [5, 5.41) is 1.70. The maximum atomic E-state index is 13.7. The van der Waals surface area contributed by atoms with Crippen LogP contribution in [0.1, 0.15) is 40.9 Å². The standard InChI is InChI=1S/C16H17FO3S/c1-3-19-16(20-4-2)14-9-11(10-21-14)15(18)12-7-5-6-8-13(12)17/h5-10,16H,3-4H2,1-2H3. The summed E-state index contributed by atoms with van der Waals surface area (Å²) in [4.78, 5) is 13.1. The van der Waals surface area contributed by atoms with E-state index in [1.807, 2.05) is 13.8 Å². The summed E-state index contributed by atoms with van der Waals surface area (Å²) in [5.41, 5.74) is 0.524. The first kappa shape index (κ1) is 15.8. The number of hydrogen-bond donors (Lipinski definition) is 0. The Morgan fingerprint density at radius 3 is 2.52 bits per heavy atom. The third-order valence-electron chi connectivity index (χ3n) is 2.87. The quantitative estimate of drug-likeness (QED) is 0.568. The van der Waals surface area contributed by atoms with E-state index in [0.717, 1.165) is 4.88 Å². The van der Waals surface area contributed by atoms with Crippen molar-refractivity contribution in [1.29, 1.82) is 0 Å². The zero-order valence-corrected chi connectivity index (χ0v) is 12.8. The van der Waals surface area contributed by atoms with Crippen molar-refractivity contribution in [2.75, 3.05) is 13.2 Å². The summed E-state index contributed by atoms with van der Waals surface area (Å²) in [5.74, 6) is -0.844. The number of carbonyl (C=O) groups is 1. The number of carbonyl (C=O) groups excluding carboxylic acids is 1. The molecule has 0 saturated carbocycles. The van der Waals surface area contributed by atoms with Crippen LogP contribution < -0.4 is 0 Å². The van der Waals surface area contributed by atoms with Crippen LogP contribution in [0.25, 0.3) is 0 Å². The number of ether oxygens (including phenoxy) is 2. The molecule has 0 fully saturated rings. The fraction of sp³-hybridized carbons (Fsp3) is 0.312. The van der Waals surface area contributed by atoms with Crippen LogP contribution in [0, 0.1) is 5.82 Å². The van der Waals surface area contributed by atoms with E-state index in [2.05, 4.69) is 0 Å². The molecule has 3 nitrogen and oxygen atoms in total. The summed E-state index contributed by atoms with van der Waals surface area (Å²) < 4.78 is 24.7. The van der Waals surface area contributed by atoms with Gasteiger partial charge in [0.15, 0.2) is 12.1 Å². The second-order valence-corrected chi connectivity index (χ2v) is 5.23. The van der Waals surface area contributed by atoms with Gasteiger partial charge in [-0.1, -0.05) is 12.1 Å². The predicted octanol–water partition coefficient (Wildman–Crippen LogP) is 4.19. The lowest BCUT2D eigenvalue weighted by molar-refractivity contribution is -0.138. The Balaban J connectivity index is 2.23. The molecule has 1 aromatic heterocycles. The van der Waals surface area contributed by atoms with Crippen LogP contribution in [-0.4, -0.2) is 19.0 Å². The van der Waals surface area contributed by atoms with Gasteiger partial charge < -0.3 is 9.47 Å². The van der Waals surface area contributed by atoms with Crippen LogP contribution in [0.2, 0.25) is 0 Å². The van der Waals surface area contributed by atoms with E-state index in [9.17, 15) is 9.18 Å². The molecule has 2 rings (SSSR count). The Bertz CT molecular complexity index is 603. The van der Waals surface area contributed by atoms with Crippen molar-refractivity contribution in [2.45, 2.75) is 20.1 Å². The fourth-order valence-corrected chi connectivity index (χ4v) is 2.79. The molecule has 0 aliphatic rings. The number of benzene rings is 1. The molecule has 21 heavy (non-hydrogen) atoms. The first-order valence-corrected chi connectivity index (χ1v) is 7.66. The minimum atomic E-state index is -0.513. The highest BCUT2D eigenvalue weighted by Gasteiger charge is 2.19. The van der Waals surface area contributed by atoms with Gasteiger partial charge in [-0.2, -0.15) is 0 Å². The van der Waals surface area contributed by atoms with Crippen molar-refractivity contribution in [2.24, 2.45) is 0 Å². The van der Waals surface area contributed by atoms with Crippen LogP contribution in [0.5, 0.6) is 0 Å². The molecule has 0 aliphatic heterocycles. The molecule has 5 heteroatoms. The number of ketones is 1. The summed E-state index contributed by atoms with van der Waals surface area (Å²) in [7, 11) is 0. The highest BCUT2D eigenvalue weighted by atomic mass is 32.1. The number of rotatable bonds is 7. The van der Waals surface area contributed by atoms with E-state index in [0.29, 0.717) is 18.8 Å². The normalized spacial score (nSPS) is 11.0. The summed E-state index contributed by atoms with van der Waals surface area (Å²) >= 11 is 1.37. The average Bonchev–Trinajstić information content (AvgIpc) is 2.96. The average molecular weight is 308 g/mol. The lowest BCUT2D eigenvalue weighted by Crippen LogP contribution is -2.07. The molecule has 0 aliphatic carbocycles. The van der Waals surface area contributed by atoms with Crippen LogP contribution in [-0.2, 0) is 9.47 Å². The Hall–Kier alpha value is -1.56. The van der Waals surface area contributed by atoms with Gasteiger partial charge in [-0.15, -0.1) is 11.3 Å². The molecule has 1 aromatic carbocycles. The molecule has 1 heterocycles. The Kier molecular flexibility index (Phi) is 5.61. The van der Waals surface area contributed by atoms with E-state index >= 15 is 0 Å². The van der Waals surface area contributed by atoms with E-state index in [1.54, 1.807) is 23.6 Å². The third kappa shape index (κ3) is 3.75. The lowest BCUT2D eigenvalue weighted by Gasteiger charge is -2.14. The molecular formula is C16H17FO3S. The Morgan fingerprint density at radius 1 is 1.24 bits per heavy atom. The number of thiophene rings is 1. The van der Waals surface area contributed by atoms with Gasteiger partial charge in [0, 0.05) is 24.2 Å². The maximum Gasteiger partial charge on any atom is 0.196 e. The van der Waals surface area contributed by atoms with Gasteiger partial charge in [-0.3, -0.25) is 4.79 Å². The van der Waals surface area contributed by atoms with Gasteiger partial charge in [-0.25, -0.2) is 4.39 Å². The summed E-state index contributed by atoms with van der Waals surface area (Å²) in [6, 6.07) is 7.68. The van der Waals surface area contributed by atoms with Crippen molar-refractivity contribution >= 4 is 17.1 Å². The smallest absolute Gasteiger partial charge is 0.196 e. The van der Waals surface area contributed by atoms with Gasteiger partial charge in [0.2, 0.25) is 0 Å². The van der Waals surface area contributed by atoms with Crippen molar-refractivity contribution in [1.82, 2.24) is 0 Å². The molecular weight excluding hydrogens is 291 g/mol. The van der Waals surface area contributed by atoms with Crippen LogP contribution in [0.15, 0.2) is 35.7 Å². The molecule has 0 atom stereocenters. The molecule has 112 valence electrons. The minimum absolute atomic E-state index is 0.0752. The van der Waals surface area contributed by atoms with E-state index in [4.69, 9.17) is 9.47 Å². The second-order valence-electron chi connectivity index (χ2n) is 4.29. The predicted molar refractivity (Wildman–Crippen MR) is 80.1 cm³/mol. The molecule has 0 saturated heterocycles. The third-order valence-corrected chi connectivity index (χ3v) is 3.82. The summed E-state index contributed by atoms with van der Waals surface area (Å²) in [6.45, 7) is 4.79. The molecule has 0 amide bonds. The minimum Gasteiger partial charge on any atom is -0.348 e. The molecule has 0 bridgehead atoms. The van der Waals surface area contributed by atoms with E-state index < -0.39 is 12.1 Å². The van der Waals surface area contributed by atoms with Crippen LogP contribution in [0.4, 0.5) is 4.39 Å². The van der Waals surface area contributed by atoms with Crippen molar-refractivity contribution in [3.63, 3.8) is 0 Å². The highest BCUT2D eigenvalue weighted by Crippen LogP contribution is 2.27. The Labute approximate surface area is 127 Å². The van der Waals surface area contributed by atoms with E-state index in [1.165, 1.54) is 23.5 Å². The maximum absolute atomic E-state index is 13.7. The van der Waals surface area contributed by atoms with Gasteiger partial charge in [-0.05, 0) is 32.0 Å². The van der Waals surface area contributed by atoms with Gasteiger partial charge >= 0.3 is 0 Å². The first-order valence-electron chi connectivity index (χ1n) is 6.78. The zero-order valence-electron chi connectivity index (χ0n) is 12.0.